The van der Waals surface area contributed by atoms with Gasteiger partial charge >= 0.3 is 6.18 Å². The molecule has 4 saturated carbocycles. The van der Waals surface area contributed by atoms with Gasteiger partial charge in [-0.3, -0.25) is 0 Å². The molecule has 5 heteroatoms. The monoisotopic (exact) mass is 444 g/mol. The quantitative estimate of drug-likeness (QED) is 0.493. The predicted molar refractivity (Wildman–Crippen MR) is 116 cm³/mol. The summed E-state index contributed by atoms with van der Waals surface area (Å²) >= 11 is 0. The Bertz CT molecular complexity index is 637. The molecule has 0 aromatic heterocycles. The maximum atomic E-state index is 12.6. The molecule has 180 valence electrons. The number of aliphatic hydroxyl groups excluding tert-OH is 2. The molecular weight excluding hydrogens is 401 g/mol. The highest BCUT2D eigenvalue weighted by atomic mass is 19.4. The van der Waals surface area contributed by atoms with Gasteiger partial charge in [-0.1, -0.05) is 33.6 Å². The summed E-state index contributed by atoms with van der Waals surface area (Å²) in [6, 6.07) is 0. The van der Waals surface area contributed by atoms with Gasteiger partial charge in [-0.25, -0.2) is 0 Å². The van der Waals surface area contributed by atoms with Crippen molar-refractivity contribution < 1.29 is 23.4 Å². The molecule has 2 N–H and O–H groups in total. The lowest BCUT2D eigenvalue weighted by molar-refractivity contribution is -0.205. The van der Waals surface area contributed by atoms with Gasteiger partial charge in [-0.15, -0.1) is 0 Å². The summed E-state index contributed by atoms with van der Waals surface area (Å²) < 4.78 is 37.9. The van der Waals surface area contributed by atoms with Crippen LogP contribution in [-0.2, 0) is 0 Å². The van der Waals surface area contributed by atoms with Crippen molar-refractivity contribution in [2.45, 2.75) is 116 Å². The zero-order chi connectivity index (χ0) is 22.6. The maximum Gasteiger partial charge on any atom is 0.414 e. The van der Waals surface area contributed by atoms with Crippen molar-refractivity contribution >= 4 is 0 Å². The molecule has 31 heavy (non-hydrogen) atoms. The number of aliphatic hydroxyl groups is 2. The molecule has 0 aliphatic heterocycles. The largest absolute Gasteiger partial charge is 0.414 e. The third kappa shape index (κ3) is 4.20. The van der Waals surface area contributed by atoms with Gasteiger partial charge in [0.05, 0.1) is 6.10 Å². The fourth-order valence-corrected chi connectivity index (χ4v) is 9.21. The molecule has 0 aromatic carbocycles. The fraction of sp³-hybridized carbons (Fsp3) is 1.00. The lowest BCUT2D eigenvalue weighted by atomic mass is 9.44. The molecule has 0 radical (unpaired) electrons. The Morgan fingerprint density at radius 3 is 2.29 bits per heavy atom. The lowest BCUT2D eigenvalue weighted by Crippen LogP contribution is -2.54. The number of hydrogen-bond acceptors (Lipinski definition) is 2. The summed E-state index contributed by atoms with van der Waals surface area (Å²) in [5.41, 5.74) is 0.710. The smallest absolute Gasteiger partial charge is 0.393 e. The molecule has 4 fully saturated rings. The summed E-state index contributed by atoms with van der Waals surface area (Å²) in [7, 11) is 0. The van der Waals surface area contributed by atoms with E-state index in [1.807, 2.05) is 0 Å². The Morgan fingerprint density at radius 1 is 0.903 bits per heavy atom. The summed E-state index contributed by atoms with van der Waals surface area (Å²) in [4.78, 5) is 0. The van der Waals surface area contributed by atoms with Crippen LogP contribution >= 0.6 is 0 Å². The van der Waals surface area contributed by atoms with Crippen molar-refractivity contribution in [2.24, 2.45) is 46.3 Å². The van der Waals surface area contributed by atoms with E-state index in [1.54, 1.807) is 0 Å². The first-order chi connectivity index (χ1) is 14.5. The number of hydrogen-bond donors (Lipinski definition) is 2. The van der Waals surface area contributed by atoms with Crippen molar-refractivity contribution in [1.82, 2.24) is 0 Å². The van der Waals surface area contributed by atoms with Crippen LogP contribution in [-0.4, -0.2) is 28.6 Å². The summed E-state index contributed by atoms with van der Waals surface area (Å²) in [5, 5.41) is 19.5. The van der Waals surface area contributed by atoms with Crippen LogP contribution in [0.15, 0.2) is 0 Å². The standard InChI is InChI=1S/C26H43F3O2/c1-16(5-4-6-23(31)26(27,28)29)20-9-10-21-19-8-7-17-15-18(30)11-13-24(17,2)22(19)12-14-25(20,21)3/h16-23,30-31H,4-15H2,1-3H3/t16-,17?,18?,19+,20?,21?,22?,23?,24+,25?/m1/s1. The Balaban J connectivity index is 1.40. The van der Waals surface area contributed by atoms with Crippen LogP contribution in [0.25, 0.3) is 0 Å². The second-order valence-electron chi connectivity index (χ2n) is 12.3. The molecule has 10 atom stereocenters. The van der Waals surface area contributed by atoms with E-state index in [2.05, 4.69) is 20.8 Å². The van der Waals surface area contributed by atoms with Gasteiger partial charge in [0.25, 0.3) is 0 Å². The van der Waals surface area contributed by atoms with E-state index in [0.29, 0.717) is 35.0 Å². The van der Waals surface area contributed by atoms with Crippen LogP contribution < -0.4 is 0 Å². The Labute approximate surface area is 186 Å². The third-order valence-corrected chi connectivity index (χ3v) is 10.9. The van der Waals surface area contributed by atoms with Gasteiger partial charge in [0.15, 0.2) is 0 Å². The van der Waals surface area contributed by atoms with Gasteiger partial charge in [0, 0.05) is 0 Å². The van der Waals surface area contributed by atoms with Crippen molar-refractivity contribution in [1.29, 1.82) is 0 Å². The van der Waals surface area contributed by atoms with E-state index in [4.69, 9.17) is 0 Å². The van der Waals surface area contributed by atoms with Crippen LogP contribution in [0, 0.1) is 46.3 Å². The predicted octanol–water partition coefficient (Wildman–Crippen LogP) is 6.74. The lowest BCUT2D eigenvalue weighted by Gasteiger charge is -2.61. The molecule has 0 spiro atoms. The zero-order valence-electron chi connectivity index (χ0n) is 19.6. The normalized spacial score (nSPS) is 47.2. The molecule has 4 rings (SSSR count). The SMILES string of the molecule is C[C@H](CCCC(O)C(F)(F)F)C1CCC2[C@@H]3CCC4CC(O)CC[C@]4(C)C3CCC21C. The average Bonchev–Trinajstić information content (AvgIpc) is 3.05. The van der Waals surface area contributed by atoms with Crippen molar-refractivity contribution in [2.75, 3.05) is 0 Å². The summed E-state index contributed by atoms with van der Waals surface area (Å²) in [5.74, 6) is 4.03. The van der Waals surface area contributed by atoms with E-state index in [9.17, 15) is 23.4 Å². The van der Waals surface area contributed by atoms with Gasteiger partial charge in [-0.2, -0.15) is 13.2 Å². The minimum atomic E-state index is -4.49. The Morgan fingerprint density at radius 2 is 1.58 bits per heavy atom. The minimum Gasteiger partial charge on any atom is -0.393 e. The van der Waals surface area contributed by atoms with Gasteiger partial charge in [-0.05, 0) is 111 Å². The fourth-order valence-electron chi connectivity index (χ4n) is 9.21. The highest BCUT2D eigenvalue weighted by molar-refractivity contribution is 5.09. The van der Waals surface area contributed by atoms with E-state index < -0.39 is 12.3 Å². The molecule has 0 bridgehead atoms. The van der Waals surface area contributed by atoms with Crippen LogP contribution in [0.1, 0.15) is 97.8 Å². The van der Waals surface area contributed by atoms with Gasteiger partial charge in [0.2, 0.25) is 0 Å². The van der Waals surface area contributed by atoms with Crippen LogP contribution in [0.3, 0.4) is 0 Å². The zero-order valence-corrected chi connectivity index (χ0v) is 19.6. The molecule has 0 saturated heterocycles. The van der Waals surface area contributed by atoms with E-state index in [-0.39, 0.29) is 12.5 Å². The first-order valence-electron chi connectivity index (χ1n) is 12.9. The molecule has 4 aliphatic carbocycles. The van der Waals surface area contributed by atoms with Crippen LogP contribution in [0.4, 0.5) is 13.2 Å². The maximum absolute atomic E-state index is 12.6. The minimum absolute atomic E-state index is 0.101. The highest BCUT2D eigenvalue weighted by Gasteiger charge is 2.60. The topological polar surface area (TPSA) is 40.5 Å². The number of halogens is 3. The second kappa shape index (κ2) is 8.49. The van der Waals surface area contributed by atoms with Gasteiger partial charge in [0.1, 0.15) is 6.10 Å². The van der Waals surface area contributed by atoms with Gasteiger partial charge < -0.3 is 10.2 Å². The molecule has 0 heterocycles. The third-order valence-electron chi connectivity index (χ3n) is 10.9. The first-order valence-corrected chi connectivity index (χ1v) is 12.9. The Kier molecular flexibility index (Phi) is 6.53. The molecule has 0 aromatic rings. The number of rotatable bonds is 5. The average molecular weight is 445 g/mol. The molecule has 4 aliphatic rings. The van der Waals surface area contributed by atoms with Crippen LogP contribution in [0.5, 0.6) is 0 Å². The van der Waals surface area contributed by atoms with E-state index in [0.717, 1.165) is 37.0 Å². The number of fused-ring (bicyclic) bond motifs is 5. The molecule has 2 nitrogen and oxygen atoms in total. The second-order valence-corrected chi connectivity index (χ2v) is 12.3. The van der Waals surface area contributed by atoms with E-state index in [1.165, 1.54) is 44.9 Å². The first kappa shape index (κ1) is 23.9. The van der Waals surface area contributed by atoms with E-state index >= 15 is 0 Å². The van der Waals surface area contributed by atoms with Crippen molar-refractivity contribution in [3.63, 3.8) is 0 Å². The van der Waals surface area contributed by atoms with Crippen molar-refractivity contribution in [3.8, 4) is 0 Å². The molecular formula is C26H43F3O2. The number of alkyl halides is 3. The van der Waals surface area contributed by atoms with Crippen LogP contribution in [0.2, 0.25) is 0 Å². The summed E-state index contributed by atoms with van der Waals surface area (Å²) in [6.45, 7) is 7.25. The Hall–Kier alpha value is -0.290. The highest BCUT2D eigenvalue weighted by Crippen LogP contribution is 2.68. The molecule has 0 amide bonds. The molecule has 7 unspecified atom stereocenters. The summed E-state index contributed by atoms with van der Waals surface area (Å²) in [6.07, 6.45) is 5.02. The van der Waals surface area contributed by atoms with Crippen molar-refractivity contribution in [3.05, 3.63) is 0 Å².